The summed E-state index contributed by atoms with van der Waals surface area (Å²) in [5.41, 5.74) is 8.20. The number of aliphatic hydroxyl groups excluding tert-OH is 1. The molecule has 0 spiro atoms. The van der Waals surface area contributed by atoms with Crippen LogP contribution in [0.2, 0.25) is 0 Å². The minimum absolute atomic E-state index is 0.525. The molecule has 1 unspecified atom stereocenters. The average Bonchev–Trinajstić information content (AvgIpc) is 3.09. The van der Waals surface area contributed by atoms with Gasteiger partial charge in [-0.3, -0.25) is 4.68 Å². The number of benzene rings is 1. The van der Waals surface area contributed by atoms with E-state index < -0.39 is 6.10 Å². The lowest BCUT2D eigenvalue weighted by atomic mass is 10.0. The second kappa shape index (κ2) is 5.67. The van der Waals surface area contributed by atoms with Crippen LogP contribution in [0.15, 0.2) is 36.5 Å². The third-order valence-corrected chi connectivity index (χ3v) is 4.09. The molecule has 1 aliphatic carbocycles. The fourth-order valence-electron chi connectivity index (χ4n) is 2.89. The summed E-state index contributed by atoms with van der Waals surface area (Å²) in [6, 6.07) is 9.93. The molecule has 4 heteroatoms. The van der Waals surface area contributed by atoms with Crippen molar-refractivity contribution in [2.24, 2.45) is 0 Å². The quantitative estimate of drug-likeness (QED) is 0.840. The molecular weight excluding hydrogens is 250 g/mol. The number of aliphatic hydroxyl groups is 1. The topological polar surface area (TPSA) is 64.1 Å². The first-order valence-electron chi connectivity index (χ1n) is 7.30. The van der Waals surface area contributed by atoms with Crippen LogP contribution in [-0.4, -0.2) is 14.9 Å². The predicted molar refractivity (Wildman–Crippen MR) is 79.3 cm³/mol. The maximum atomic E-state index is 10.2. The van der Waals surface area contributed by atoms with Gasteiger partial charge in [0.2, 0.25) is 0 Å². The SMILES string of the molecule is Nc1ccc(C(O)Cc2ccn(C3CCCC3)n2)cc1. The highest BCUT2D eigenvalue weighted by Gasteiger charge is 2.18. The Balaban J connectivity index is 1.66. The van der Waals surface area contributed by atoms with Gasteiger partial charge in [0.15, 0.2) is 0 Å². The molecular formula is C16H21N3O. The summed E-state index contributed by atoms with van der Waals surface area (Å²) >= 11 is 0. The average molecular weight is 271 g/mol. The van der Waals surface area contributed by atoms with Gasteiger partial charge in [0, 0.05) is 18.3 Å². The van der Waals surface area contributed by atoms with E-state index in [4.69, 9.17) is 5.73 Å². The van der Waals surface area contributed by atoms with E-state index in [0.29, 0.717) is 18.2 Å². The summed E-state index contributed by atoms with van der Waals surface area (Å²) in [5, 5.41) is 14.9. The van der Waals surface area contributed by atoms with E-state index in [1.54, 1.807) is 0 Å². The lowest BCUT2D eigenvalue weighted by Gasteiger charge is -2.11. The minimum atomic E-state index is -0.525. The molecule has 2 aromatic rings. The Morgan fingerprint density at radius 3 is 2.60 bits per heavy atom. The van der Waals surface area contributed by atoms with Gasteiger partial charge in [-0.1, -0.05) is 25.0 Å². The highest BCUT2D eigenvalue weighted by Crippen LogP contribution is 2.29. The molecule has 1 aromatic carbocycles. The fraction of sp³-hybridized carbons (Fsp3) is 0.438. The van der Waals surface area contributed by atoms with Crippen molar-refractivity contribution >= 4 is 5.69 Å². The van der Waals surface area contributed by atoms with E-state index in [1.807, 2.05) is 36.5 Å². The Morgan fingerprint density at radius 1 is 1.20 bits per heavy atom. The van der Waals surface area contributed by atoms with E-state index in [1.165, 1.54) is 25.7 Å². The van der Waals surface area contributed by atoms with Gasteiger partial charge in [0.05, 0.1) is 17.8 Å². The zero-order chi connectivity index (χ0) is 13.9. The molecule has 106 valence electrons. The number of nitrogen functional groups attached to an aromatic ring is 1. The van der Waals surface area contributed by atoms with Crippen LogP contribution in [0.25, 0.3) is 0 Å². The van der Waals surface area contributed by atoms with Crippen molar-refractivity contribution in [2.45, 2.75) is 44.2 Å². The van der Waals surface area contributed by atoms with Gasteiger partial charge in [-0.25, -0.2) is 0 Å². The zero-order valence-electron chi connectivity index (χ0n) is 11.6. The first kappa shape index (κ1) is 13.2. The van der Waals surface area contributed by atoms with Gasteiger partial charge < -0.3 is 10.8 Å². The van der Waals surface area contributed by atoms with Gasteiger partial charge in [-0.2, -0.15) is 5.10 Å². The summed E-state index contributed by atoms with van der Waals surface area (Å²) < 4.78 is 2.07. The van der Waals surface area contributed by atoms with Gasteiger partial charge >= 0.3 is 0 Å². The Labute approximate surface area is 119 Å². The monoisotopic (exact) mass is 271 g/mol. The normalized spacial score (nSPS) is 17.4. The van der Waals surface area contributed by atoms with E-state index in [2.05, 4.69) is 9.78 Å². The number of rotatable bonds is 4. The summed E-state index contributed by atoms with van der Waals surface area (Å²) in [6.45, 7) is 0. The highest BCUT2D eigenvalue weighted by atomic mass is 16.3. The number of aromatic nitrogens is 2. The first-order valence-corrected chi connectivity index (χ1v) is 7.30. The van der Waals surface area contributed by atoms with Crippen LogP contribution in [-0.2, 0) is 6.42 Å². The van der Waals surface area contributed by atoms with Crippen molar-refractivity contribution in [2.75, 3.05) is 5.73 Å². The zero-order valence-corrected chi connectivity index (χ0v) is 11.6. The summed E-state index contributed by atoms with van der Waals surface area (Å²) in [5.74, 6) is 0. The molecule has 20 heavy (non-hydrogen) atoms. The smallest absolute Gasteiger partial charge is 0.0846 e. The third-order valence-electron chi connectivity index (χ3n) is 4.09. The maximum Gasteiger partial charge on any atom is 0.0846 e. The summed E-state index contributed by atoms with van der Waals surface area (Å²) in [6.07, 6.45) is 7.11. The molecule has 1 aliphatic rings. The Kier molecular flexibility index (Phi) is 3.74. The van der Waals surface area contributed by atoms with Crippen LogP contribution in [0, 0.1) is 0 Å². The van der Waals surface area contributed by atoms with Crippen LogP contribution in [0.5, 0.6) is 0 Å². The standard InChI is InChI=1S/C16H21N3O/c17-13-7-5-12(6-8-13)16(20)11-14-9-10-19(18-14)15-3-1-2-4-15/h5-10,15-16,20H,1-4,11,17H2. The molecule has 0 amide bonds. The van der Waals surface area contributed by atoms with Gasteiger partial charge in [-0.05, 0) is 36.6 Å². The van der Waals surface area contributed by atoms with Crippen molar-refractivity contribution in [3.05, 3.63) is 47.8 Å². The number of hydrogen-bond acceptors (Lipinski definition) is 3. The molecule has 3 rings (SSSR count). The lowest BCUT2D eigenvalue weighted by Crippen LogP contribution is -2.07. The molecule has 3 N–H and O–H groups in total. The van der Waals surface area contributed by atoms with E-state index in [0.717, 1.165) is 11.3 Å². The molecule has 0 aliphatic heterocycles. The number of nitrogens with two attached hydrogens (primary N) is 1. The Bertz CT molecular complexity index is 555. The molecule has 1 aromatic heterocycles. The molecule has 4 nitrogen and oxygen atoms in total. The van der Waals surface area contributed by atoms with Crippen LogP contribution in [0.4, 0.5) is 5.69 Å². The molecule has 1 saturated carbocycles. The molecule has 1 heterocycles. The number of nitrogens with zero attached hydrogens (tertiary/aromatic N) is 2. The largest absolute Gasteiger partial charge is 0.399 e. The van der Waals surface area contributed by atoms with E-state index in [9.17, 15) is 5.11 Å². The van der Waals surface area contributed by atoms with Crippen LogP contribution in [0.1, 0.15) is 49.1 Å². The van der Waals surface area contributed by atoms with Crippen molar-refractivity contribution in [3.8, 4) is 0 Å². The maximum absolute atomic E-state index is 10.2. The van der Waals surface area contributed by atoms with Crippen molar-refractivity contribution in [1.29, 1.82) is 0 Å². The molecule has 0 bridgehead atoms. The number of hydrogen-bond donors (Lipinski definition) is 2. The Hall–Kier alpha value is -1.81. The third kappa shape index (κ3) is 2.85. The lowest BCUT2D eigenvalue weighted by molar-refractivity contribution is 0.177. The van der Waals surface area contributed by atoms with E-state index >= 15 is 0 Å². The summed E-state index contributed by atoms with van der Waals surface area (Å²) in [7, 11) is 0. The van der Waals surface area contributed by atoms with Gasteiger partial charge in [-0.15, -0.1) is 0 Å². The van der Waals surface area contributed by atoms with Crippen molar-refractivity contribution in [3.63, 3.8) is 0 Å². The van der Waals surface area contributed by atoms with Crippen LogP contribution in [0.3, 0.4) is 0 Å². The molecule has 1 fully saturated rings. The highest BCUT2D eigenvalue weighted by molar-refractivity contribution is 5.40. The fourth-order valence-corrected chi connectivity index (χ4v) is 2.89. The molecule has 0 radical (unpaired) electrons. The minimum Gasteiger partial charge on any atom is -0.399 e. The Morgan fingerprint density at radius 2 is 1.90 bits per heavy atom. The first-order chi connectivity index (χ1) is 9.72. The predicted octanol–water partition coefficient (Wildman–Crippen LogP) is 2.86. The second-order valence-corrected chi connectivity index (χ2v) is 5.61. The van der Waals surface area contributed by atoms with Gasteiger partial charge in [0.1, 0.15) is 0 Å². The molecule has 0 saturated heterocycles. The molecule has 1 atom stereocenters. The van der Waals surface area contributed by atoms with Crippen molar-refractivity contribution in [1.82, 2.24) is 9.78 Å². The van der Waals surface area contributed by atoms with Gasteiger partial charge in [0.25, 0.3) is 0 Å². The van der Waals surface area contributed by atoms with E-state index in [-0.39, 0.29) is 0 Å². The van der Waals surface area contributed by atoms with Crippen LogP contribution < -0.4 is 5.73 Å². The summed E-state index contributed by atoms with van der Waals surface area (Å²) in [4.78, 5) is 0. The van der Waals surface area contributed by atoms with Crippen molar-refractivity contribution < 1.29 is 5.11 Å². The second-order valence-electron chi connectivity index (χ2n) is 5.61. The number of anilines is 1. The van der Waals surface area contributed by atoms with Crippen LogP contribution >= 0.6 is 0 Å².